The van der Waals surface area contributed by atoms with Crippen LogP contribution < -0.4 is 15.8 Å². The fraction of sp³-hybridized carbons (Fsp3) is 0.462. The van der Waals surface area contributed by atoms with E-state index >= 15 is 0 Å². The van der Waals surface area contributed by atoms with Gasteiger partial charge in [-0.15, -0.1) is 0 Å². The maximum absolute atomic E-state index is 12.0. The van der Waals surface area contributed by atoms with Crippen molar-refractivity contribution in [3.05, 3.63) is 28.8 Å². The van der Waals surface area contributed by atoms with Crippen LogP contribution in [-0.2, 0) is 21.4 Å². The van der Waals surface area contributed by atoms with Crippen molar-refractivity contribution in [2.45, 2.75) is 31.2 Å². The smallest absolute Gasteiger partial charge is 0.240 e. The summed E-state index contributed by atoms with van der Waals surface area (Å²) in [5.74, 6) is -0.184. The minimum Gasteiger partial charge on any atom is -0.356 e. The van der Waals surface area contributed by atoms with E-state index in [2.05, 4.69) is 10.0 Å². The molecule has 1 rings (SSSR count). The van der Waals surface area contributed by atoms with Gasteiger partial charge in [0.05, 0.1) is 4.90 Å². The Morgan fingerprint density at radius 2 is 2.05 bits per heavy atom. The molecule has 0 atom stereocenters. The zero-order chi connectivity index (χ0) is 15.9. The normalized spacial score (nSPS) is 11.4. The molecule has 0 bridgehead atoms. The van der Waals surface area contributed by atoms with Gasteiger partial charge in [0.25, 0.3) is 0 Å². The SMILES string of the molecule is CCCNC(=O)CCNS(=O)(=O)c1ccc(CN)c(Cl)c1. The third kappa shape index (κ3) is 5.62. The molecule has 0 spiro atoms. The lowest BCUT2D eigenvalue weighted by molar-refractivity contribution is -0.120. The van der Waals surface area contributed by atoms with Gasteiger partial charge >= 0.3 is 0 Å². The van der Waals surface area contributed by atoms with Crippen molar-refractivity contribution < 1.29 is 13.2 Å². The van der Waals surface area contributed by atoms with Crippen molar-refractivity contribution in [1.82, 2.24) is 10.0 Å². The molecule has 1 aromatic carbocycles. The topological polar surface area (TPSA) is 101 Å². The van der Waals surface area contributed by atoms with E-state index in [1.807, 2.05) is 6.92 Å². The molecule has 0 unspecified atom stereocenters. The number of sulfonamides is 1. The molecule has 0 heterocycles. The number of hydrogen-bond donors (Lipinski definition) is 3. The van der Waals surface area contributed by atoms with Gasteiger partial charge in [0.1, 0.15) is 0 Å². The second-order valence-electron chi connectivity index (χ2n) is 4.46. The van der Waals surface area contributed by atoms with E-state index in [1.54, 1.807) is 6.07 Å². The summed E-state index contributed by atoms with van der Waals surface area (Å²) in [6.45, 7) is 2.80. The average Bonchev–Trinajstić information content (AvgIpc) is 2.44. The number of hydrogen-bond acceptors (Lipinski definition) is 4. The zero-order valence-corrected chi connectivity index (χ0v) is 13.4. The number of benzene rings is 1. The predicted octanol–water partition coefficient (Wildman–Crippen LogP) is 0.993. The number of amides is 1. The summed E-state index contributed by atoms with van der Waals surface area (Å²) in [7, 11) is -3.68. The van der Waals surface area contributed by atoms with Gasteiger partial charge in [-0.3, -0.25) is 4.79 Å². The Morgan fingerprint density at radius 3 is 2.62 bits per heavy atom. The standard InChI is InChI=1S/C13H20ClN3O3S/c1-2-6-16-13(18)5-7-17-21(19,20)11-4-3-10(9-15)12(14)8-11/h3-4,8,17H,2,5-7,9,15H2,1H3,(H,16,18). The molecule has 6 nitrogen and oxygen atoms in total. The second kappa shape index (κ2) is 8.33. The molecule has 118 valence electrons. The molecular formula is C13H20ClN3O3S. The lowest BCUT2D eigenvalue weighted by atomic mass is 10.2. The molecule has 0 aliphatic rings. The third-order valence-electron chi connectivity index (χ3n) is 2.77. The van der Waals surface area contributed by atoms with Crippen molar-refractivity contribution >= 4 is 27.5 Å². The van der Waals surface area contributed by atoms with Crippen LogP contribution in [0.2, 0.25) is 5.02 Å². The summed E-state index contributed by atoms with van der Waals surface area (Å²) in [6, 6.07) is 4.36. The molecule has 8 heteroatoms. The number of rotatable bonds is 8. The van der Waals surface area contributed by atoms with E-state index in [4.69, 9.17) is 17.3 Å². The summed E-state index contributed by atoms with van der Waals surface area (Å²) < 4.78 is 26.5. The molecule has 1 aromatic rings. The van der Waals surface area contributed by atoms with Crippen molar-refractivity contribution in [1.29, 1.82) is 0 Å². The highest BCUT2D eigenvalue weighted by atomic mass is 35.5. The zero-order valence-electron chi connectivity index (χ0n) is 11.9. The highest BCUT2D eigenvalue weighted by molar-refractivity contribution is 7.89. The van der Waals surface area contributed by atoms with E-state index < -0.39 is 10.0 Å². The van der Waals surface area contributed by atoms with Crippen LogP contribution in [0.4, 0.5) is 0 Å². The van der Waals surface area contributed by atoms with E-state index in [9.17, 15) is 13.2 Å². The summed E-state index contributed by atoms with van der Waals surface area (Å²) >= 11 is 5.94. The molecule has 0 saturated heterocycles. The fourth-order valence-corrected chi connectivity index (χ4v) is 2.98. The van der Waals surface area contributed by atoms with Crippen LogP contribution in [0.3, 0.4) is 0 Å². The van der Waals surface area contributed by atoms with Crippen LogP contribution >= 0.6 is 11.6 Å². The molecule has 4 N–H and O–H groups in total. The van der Waals surface area contributed by atoms with Gasteiger partial charge in [0.15, 0.2) is 0 Å². The van der Waals surface area contributed by atoms with Crippen molar-refractivity contribution in [3.8, 4) is 0 Å². The predicted molar refractivity (Wildman–Crippen MR) is 82.4 cm³/mol. The Labute approximate surface area is 130 Å². The first-order chi connectivity index (χ1) is 9.90. The first kappa shape index (κ1) is 17.9. The Balaban J connectivity index is 2.61. The summed E-state index contributed by atoms with van der Waals surface area (Å²) in [6.07, 6.45) is 0.928. The maximum Gasteiger partial charge on any atom is 0.240 e. The van der Waals surface area contributed by atoms with Gasteiger partial charge < -0.3 is 11.1 Å². The average molecular weight is 334 g/mol. The number of carbonyl (C=O) groups is 1. The van der Waals surface area contributed by atoms with Crippen LogP contribution in [0.25, 0.3) is 0 Å². The molecular weight excluding hydrogens is 314 g/mol. The monoisotopic (exact) mass is 333 g/mol. The van der Waals surface area contributed by atoms with Crippen molar-refractivity contribution in [2.24, 2.45) is 5.73 Å². The summed E-state index contributed by atoms with van der Waals surface area (Å²) in [5.41, 5.74) is 6.14. The van der Waals surface area contributed by atoms with Crippen molar-refractivity contribution in [2.75, 3.05) is 13.1 Å². The molecule has 0 aliphatic carbocycles. The first-order valence-electron chi connectivity index (χ1n) is 6.65. The summed E-state index contributed by atoms with van der Waals surface area (Å²) in [5, 5.41) is 2.98. The number of nitrogens with two attached hydrogens (primary N) is 1. The Morgan fingerprint density at radius 1 is 1.33 bits per heavy atom. The van der Waals surface area contributed by atoms with Crippen LogP contribution in [0, 0.1) is 0 Å². The number of carbonyl (C=O) groups excluding carboxylic acids is 1. The van der Waals surface area contributed by atoms with Gasteiger partial charge in [-0.05, 0) is 24.1 Å². The van der Waals surface area contributed by atoms with Crippen LogP contribution in [0.15, 0.2) is 23.1 Å². The lowest BCUT2D eigenvalue weighted by Gasteiger charge is -2.09. The molecule has 0 aromatic heterocycles. The highest BCUT2D eigenvalue weighted by Crippen LogP contribution is 2.20. The highest BCUT2D eigenvalue weighted by Gasteiger charge is 2.15. The van der Waals surface area contributed by atoms with E-state index in [1.165, 1.54) is 12.1 Å². The fourth-order valence-electron chi connectivity index (χ4n) is 1.60. The quantitative estimate of drug-likeness (QED) is 0.660. The van der Waals surface area contributed by atoms with Crippen LogP contribution in [-0.4, -0.2) is 27.4 Å². The minimum absolute atomic E-state index is 0.0359. The van der Waals surface area contributed by atoms with Gasteiger partial charge in [-0.2, -0.15) is 0 Å². The van der Waals surface area contributed by atoms with Gasteiger partial charge in [-0.25, -0.2) is 13.1 Å². The Hall–Kier alpha value is -1.15. The number of halogens is 1. The largest absolute Gasteiger partial charge is 0.356 e. The van der Waals surface area contributed by atoms with Crippen LogP contribution in [0.1, 0.15) is 25.3 Å². The molecule has 0 radical (unpaired) electrons. The molecule has 1 amide bonds. The van der Waals surface area contributed by atoms with Crippen molar-refractivity contribution in [3.63, 3.8) is 0 Å². The molecule has 0 aliphatic heterocycles. The summed E-state index contributed by atoms with van der Waals surface area (Å²) in [4.78, 5) is 11.4. The Bertz CT molecular complexity index is 590. The first-order valence-corrected chi connectivity index (χ1v) is 8.51. The minimum atomic E-state index is -3.68. The van der Waals surface area contributed by atoms with E-state index in [0.717, 1.165) is 6.42 Å². The molecule has 21 heavy (non-hydrogen) atoms. The molecule has 0 fully saturated rings. The Kier molecular flexibility index (Phi) is 7.10. The van der Waals surface area contributed by atoms with Gasteiger partial charge in [0.2, 0.25) is 15.9 Å². The lowest BCUT2D eigenvalue weighted by Crippen LogP contribution is -2.31. The van der Waals surface area contributed by atoms with Crippen LogP contribution in [0.5, 0.6) is 0 Å². The van der Waals surface area contributed by atoms with Gasteiger partial charge in [-0.1, -0.05) is 24.6 Å². The third-order valence-corrected chi connectivity index (χ3v) is 4.58. The molecule has 0 saturated carbocycles. The van der Waals surface area contributed by atoms with Gasteiger partial charge in [0, 0.05) is 31.1 Å². The van der Waals surface area contributed by atoms with E-state index in [-0.39, 0.29) is 30.3 Å². The second-order valence-corrected chi connectivity index (χ2v) is 6.63. The number of nitrogens with one attached hydrogen (secondary N) is 2. The maximum atomic E-state index is 12.0. The van der Waals surface area contributed by atoms with E-state index in [0.29, 0.717) is 17.1 Å².